The summed E-state index contributed by atoms with van der Waals surface area (Å²) in [5.41, 5.74) is 5.14. The molecule has 0 unspecified atom stereocenters. The summed E-state index contributed by atoms with van der Waals surface area (Å²) in [5, 5.41) is 4.77. The highest BCUT2D eigenvalue weighted by Crippen LogP contribution is 2.35. The Bertz CT molecular complexity index is 1200. The normalized spacial score (nSPS) is 12.1. The van der Waals surface area contributed by atoms with Crippen molar-refractivity contribution in [3.63, 3.8) is 0 Å². The molecular weight excluding hydrogens is 571 g/mol. The number of hydrogen-bond donors (Lipinski definition) is 1. The van der Waals surface area contributed by atoms with Crippen molar-refractivity contribution in [2.45, 2.75) is 20.0 Å². The number of hydrazone groups is 1. The zero-order chi connectivity index (χ0) is 23.9. The van der Waals surface area contributed by atoms with Crippen molar-refractivity contribution in [3.05, 3.63) is 79.9 Å². The molecule has 1 heterocycles. The van der Waals surface area contributed by atoms with Gasteiger partial charge in [0, 0.05) is 5.02 Å². The van der Waals surface area contributed by atoms with E-state index in [1.165, 1.54) is 0 Å². The summed E-state index contributed by atoms with van der Waals surface area (Å²) >= 11 is 8.15. The van der Waals surface area contributed by atoms with Crippen molar-refractivity contribution in [2.75, 3.05) is 13.4 Å². The van der Waals surface area contributed by atoms with Crippen LogP contribution < -0.4 is 24.4 Å². The van der Waals surface area contributed by atoms with Crippen LogP contribution in [0.5, 0.6) is 23.0 Å². The number of benzene rings is 3. The van der Waals surface area contributed by atoms with E-state index in [-0.39, 0.29) is 19.1 Å². The van der Waals surface area contributed by atoms with Crippen LogP contribution in [0.2, 0.25) is 5.02 Å². The lowest BCUT2D eigenvalue weighted by Gasteiger charge is -2.15. The Labute approximate surface area is 216 Å². The van der Waals surface area contributed by atoms with E-state index in [2.05, 4.69) is 33.1 Å². The molecule has 0 saturated carbocycles. The summed E-state index contributed by atoms with van der Waals surface area (Å²) in [4.78, 5) is 12.3. The van der Waals surface area contributed by atoms with Crippen LogP contribution in [-0.4, -0.2) is 25.5 Å². The third-order valence-corrected chi connectivity index (χ3v) is 5.89. The van der Waals surface area contributed by atoms with Gasteiger partial charge in [-0.15, -0.1) is 0 Å². The van der Waals surface area contributed by atoms with E-state index in [4.69, 9.17) is 30.5 Å². The van der Waals surface area contributed by atoms with Gasteiger partial charge in [-0.05, 0) is 82.6 Å². The predicted octanol–water partition coefficient (Wildman–Crippen LogP) is 5.34. The number of amides is 1. The van der Waals surface area contributed by atoms with Crippen LogP contribution in [-0.2, 0) is 17.8 Å². The van der Waals surface area contributed by atoms with Crippen molar-refractivity contribution in [1.29, 1.82) is 0 Å². The number of ether oxygens (including phenoxy) is 4. The highest BCUT2D eigenvalue weighted by molar-refractivity contribution is 14.1. The lowest BCUT2D eigenvalue weighted by Crippen LogP contribution is -2.19. The number of rotatable bonds is 9. The molecule has 1 aliphatic rings. The van der Waals surface area contributed by atoms with Crippen molar-refractivity contribution >= 4 is 46.3 Å². The van der Waals surface area contributed by atoms with Crippen molar-refractivity contribution in [3.8, 4) is 23.0 Å². The molecule has 1 aliphatic heterocycles. The van der Waals surface area contributed by atoms with Crippen LogP contribution in [0.3, 0.4) is 0 Å². The van der Waals surface area contributed by atoms with Gasteiger partial charge in [0.25, 0.3) is 0 Å². The molecular formula is C25H22ClIN2O5. The number of fused-ring (bicyclic) bond motifs is 1. The second kappa shape index (κ2) is 11.4. The predicted molar refractivity (Wildman–Crippen MR) is 138 cm³/mol. The molecule has 0 atom stereocenters. The van der Waals surface area contributed by atoms with E-state index in [1.54, 1.807) is 18.3 Å². The maximum atomic E-state index is 12.3. The highest BCUT2D eigenvalue weighted by Gasteiger charge is 2.15. The molecule has 4 rings (SSSR count). The smallest absolute Gasteiger partial charge is 0.244 e. The topological polar surface area (TPSA) is 78.4 Å². The van der Waals surface area contributed by atoms with Gasteiger partial charge >= 0.3 is 0 Å². The second-order valence-electron chi connectivity index (χ2n) is 7.34. The monoisotopic (exact) mass is 592 g/mol. The summed E-state index contributed by atoms with van der Waals surface area (Å²) in [6.45, 7) is 2.98. The first-order valence-corrected chi connectivity index (χ1v) is 12.0. The summed E-state index contributed by atoms with van der Waals surface area (Å²) in [7, 11) is 0. The Morgan fingerprint density at radius 1 is 1.09 bits per heavy atom. The van der Waals surface area contributed by atoms with Gasteiger partial charge in [0.15, 0.2) is 23.0 Å². The van der Waals surface area contributed by atoms with Crippen molar-refractivity contribution in [1.82, 2.24) is 5.43 Å². The minimum atomic E-state index is -0.238. The van der Waals surface area contributed by atoms with Gasteiger partial charge in [-0.25, -0.2) is 5.43 Å². The lowest BCUT2D eigenvalue weighted by molar-refractivity contribution is -0.120. The van der Waals surface area contributed by atoms with Crippen LogP contribution in [0.15, 0.2) is 59.7 Å². The highest BCUT2D eigenvalue weighted by atomic mass is 127. The number of halogens is 2. The van der Waals surface area contributed by atoms with E-state index in [0.717, 1.165) is 20.3 Å². The fourth-order valence-electron chi connectivity index (χ4n) is 3.26. The Balaban J connectivity index is 1.38. The molecule has 3 aromatic rings. The minimum absolute atomic E-state index is 0.174. The van der Waals surface area contributed by atoms with Crippen LogP contribution in [0.4, 0.5) is 0 Å². The van der Waals surface area contributed by atoms with Crippen molar-refractivity contribution < 1.29 is 23.7 Å². The Kier molecular flexibility index (Phi) is 8.12. The molecule has 0 bridgehead atoms. The molecule has 0 radical (unpaired) electrons. The fourth-order valence-corrected chi connectivity index (χ4v) is 4.16. The molecule has 1 N–H and O–H groups in total. The molecule has 0 saturated heterocycles. The van der Waals surface area contributed by atoms with Gasteiger partial charge in [0.2, 0.25) is 12.7 Å². The SMILES string of the molecule is CCOc1cc(/C=N\NC(=O)Cc2ccc3c(c2)OCO3)cc(I)c1OCc1ccc(Cl)cc1. The number of nitrogens with zero attached hydrogens (tertiary/aromatic N) is 1. The zero-order valence-corrected chi connectivity index (χ0v) is 21.3. The van der Waals surface area contributed by atoms with Gasteiger partial charge in [-0.3, -0.25) is 4.79 Å². The second-order valence-corrected chi connectivity index (χ2v) is 8.93. The Morgan fingerprint density at radius 3 is 2.65 bits per heavy atom. The molecule has 3 aromatic carbocycles. The van der Waals surface area contributed by atoms with E-state index < -0.39 is 0 Å². The molecule has 176 valence electrons. The first-order valence-electron chi connectivity index (χ1n) is 10.6. The molecule has 0 fully saturated rings. The number of carbonyl (C=O) groups is 1. The average Bonchev–Trinajstić information content (AvgIpc) is 3.28. The molecule has 34 heavy (non-hydrogen) atoms. The molecule has 1 amide bonds. The van der Waals surface area contributed by atoms with E-state index in [1.807, 2.05) is 49.4 Å². The quantitative estimate of drug-likeness (QED) is 0.206. The van der Waals surface area contributed by atoms with Gasteiger partial charge in [-0.1, -0.05) is 29.8 Å². The van der Waals surface area contributed by atoms with Crippen molar-refractivity contribution in [2.24, 2.45) is 5.10 Å². The molecule has 0 aliphatic carbocycles. The van der Waals surface area contributed by atoms with E-state index in [9.17, 15) is 4.79 Å². The first-order chi connectivity index (χ1) is 16.5. The van der Waals surface area contributed by atoms with Gasteiger partial charge in [0.1, 0.15) is 6.61 Å². The summed E-state index contributed by atoms with van der Waals surface area (Å²) in [6, 6.07) is 16.7. The lowest BCUT2D eigenvalue weighted by atomic mass is 10.1. The summed E-state index contributed by atoms with van der Waals surface area (Å²) < 4.78 is 23.3. The largest absolute Gasteiger partial charge is 0.490 e. The average molecular weight is 593 g/mol. The Hall–Kier alpha value is -2.98. The third kappa shape index (κ3) is 6.32. The van der Waals surface area contributed by atoms with Gasteiger partial charge in [0.05, 0.1) is 22.8 Å². The fraction of sp³-hybridized carbons (Fsp3) is 0.200. The van der Waals surface area contributed by atoms with Gasteiger partial charge in [-0.2, -0.15) is 5.10 Å². The molecule has 7 nitrogen and oxygen atoms in total. The first kappa shape index (κ1) is 24.2. The molecule has 0 spiro atoms. The van der Waals surface area contributed by atoms with Crippen LogP contribution >= 0.6 is 34.2 Å². The third-order valence-electron chi connectivity index (χ3n) is 4.83. The zero-order valence-electron chi connectivity index (χ0n) is 18.3. The van der Waals surface area contributed by atoms with Crippen LogP contribution in [0.1, 0.15) is 23.6 Å². The number of carbonyl (C=O) groups excluding carboxylic acids is 1. The van der Waals surface area contributed by atoms with Crippen LogP contribution in [0, 0.1) is 3.57 Å². The number of nitrogens with one attached hydrogen (secondary N) is 1. The van der Waals surface area contributed by atoms with E-state index in [0.29, 0.717) is 41.2 Å². The maximum absolute atomic E-state index is 12.3. The molecule has 9 heteroatoms. The molecule has 0 aromatic heterocycles. The summed E-state index contributed by atoms with van der Waals surface area (Å²) in [6.07, 6.45) is 1.75. The Morgan fingerprint density at radius 2 is 1.85 bits per heavy atom. The van der Waals surface area contributed by atoms with Gasteiger partial charge < -0.3 is 18.9 Å². The number of hydrogen-bond acceptors (Lipinski definition) is 6. The van der Waals surface area contributed by atoms with Crippen LogP contribution in [0.25, 0.3) is 0 Å². The summed E-state index contributed by atoms with van der Waals surface area (Å²) in [5.74, 6) is 2.35. The van der Waals surface area contributed by atoms with E-state index >= 15 is 0 Å². The minimum Gasteiger partial charge on any atom is -0.490 e. The maximum Gasteiger partial charge on any atom is 0.244 e. The standard InChI is InChI=1S/C25H22ClIN2O5/c1-2-31-23-11-18(9-20(27)25(23)32-14-16-3-6-19(26)7-4-16)13-28-29-24(30)12-17-5-8-21-22(10-17)34-15-33-21/h3-11,13H,2,12,14-15H2,1H3,(H,29,30)/b28-13-.